The number of sulfonamides is 1. The van der Waals surface area contributed by atoms with Crippen LogP contribution in [-0.2, 0) is 16.6 Å². The van der Waals surface area contributed by atoms with E-state index in [9.17, 15) is 12.8 Å². The first kappa shape index (κ1) is 16.6. The number of halogens is 1. The maximum absolute atomic E-state index is 13.1. The van der Waals surface area contributed by atoms with Gasteiger partial charge in [0, 0.05) is 12.6 Å². The standard InChI is InChI=1S/C16H19FN2O2S/c1-12(19-11-13-5-3-7-15(17)9-13)14-6-4-8-16(10-14)22(20,21)18-2/h3-10,12,18-19H,11H2,1-2H3. The zero-order valence-corrected chi connectivity index (χ0v) is 13.3. The lowest BCUT2D eigenvalue weighted by atomic mass is 10.1. The number of hydrogen-bond acceptors (Lipinski definition) is 3. The summed E-state index contributed by atoms with van der Waals surface area (Å²) >= 11 is 0. The highest BCUT2D eigenvalue weighted by Crippen LogP contribution is 2.18. The molecule has 0 spiro atoms. The molecule has 22 heavy (non-hydrogen) atoms. The quantitative estimate of drug-likeness (QED) is 0.859. The average Bonchev–Trinajstić information content (AvgIpc) is 2.53. The van der Waals surface area contributed by atoms with Crippen LogP contribution < -0.4 is 10.0 Å². The lowest BCUT2D eigenvalue weighted by molar-refractivity contribution is 0.566. The van der Waals surface area contributed by atoms with E-state index in [0.29, 0.717) is 6.54 Å². The van der Waals surface area contributed by atoms with E-state index < -0.39 is 10.0 Å². The Morgan fingerprint density at radius 3 is 2.55 bits per heavy atom. The minimum atomic E-state index is -3.45. The Kier molecular flexibility index (Phi) is 5.28. The fourth-order valence-corrected chi connectivity index (χ4v) is 2.89. The van der Waals surface area contributed by atoms with Gasteiger partial charge in [-0.25, -0.2) is 17.5 Å². The summed E-state index contributed by atoms with van der Waals surface area (Å²) in [5, 5.41) is 3.26. The van der Waals surface area contributed by atoms with Gasteiger partial charge in [0.05, 0.1) is 4.90 Å². The van der Waals surface area contributed by atoms with E-state index in [2.05, 4.69) is 10.0 Å². The first-order valence-corrected chi connectivity index (χ1v) is 8.42. The molecule has 0 saturated carbocycles. The molecule has 0 aliphatic heterocycles. The van der Waals surface area contributed by atoms with Gasteiger partial charge in [0.1, 0.15) is 5.82 Å². The van der Waals surface area contributed by atoms with Gasteiger partial charge in [0.15, 0.2) is 0 Å². The summed E-state index contributed by atoms with van der Waals surface area (Å²) in [6, 6.07) is 13.1. The highest BCUT2D eigenvalue weighted by molar-refractivity contribution is 7.89. The van der Waals surface area contributed by atoms with Crippen molar-refractivity contribution in [1.29, 1.82) is 0 Å². The van der Waals surface area contributed by atoms with Crippen molar-refractivity contribution in [3.05, 3.63) is 65.5 Å². The van der Waals surface area contributed by atoms with Crippen LogP contribution in [0.1, 0.15) is 24.1 Å². The first-order valence-electron chi connectivity index (χ1n) is 6.94. The molecule has 2 aromatic carbocycles. The lowest BCUT2D eigenvalue weighted by Gasteiger charge is -2.15. The molecule has 2 N–H and O–H groups in total. The van der Waals surface area contributed by atoms with Crippen LogP contribution in [0.2, 0.25) is 0 Å². The summed E-state index contributed by atoms with van der Waals surface area (Å²) in [5.74, 6) is -0.269. The highest BCUT2D eigenvalue weighted by Gasteiger charge is 2.13. The molecule has 0 aliphatic rings. The van der Waals surface area contributed by atoms with Gasteiger partial charge in [-0.3, -0.25) is 0 Å². The predicted octanol–water partition coefficient (Wildman–Crippen LogP) is 2.58. The van der Waals surface area contributed by atoms with Gasteiger partial charge >= 0.3 is 0 Å². The fraction of sp³-hybridized carbons (Fsp3) is 0.250. The summed E-state index contributed by atoms with van der Waals surface area (Å²) in [7, 11) is -2.07. The minimum Gasteiger partial charge on any atom is -0.306 e. The van der Waals surface area contributed by atoms with Crippen molar-refractivity contribution in [3.63, 3.8) is 0 Å². The summed E-state index contributed by atoms with van der Waals surface area (Å²) < 4.78 is 39.1. The monoisotopic (exact) mass is 322 g/mol. The van der Waals surface area contributed by atoms with Gasteiger partial charge in [0.2, 0.25) is 10.0 Å². The molecule has 0 aromatic heterocycles. The number of nitrogens with one attached hydrogen (secondary N) is 2. The van der Waals surface area contributed by atoms with Gasteiger partial charge < -0.3 is 5.32 Å². The van der Waals surface area contributed by atoms with Crippen LogP contribution in [0.25, 0.3) is 0 Å². The summed E-state index contributed by atoms with van der Waals surface area (Å²) in [6.07, 6.45) is 0. The van der Waals surface area contributed by atoms with Gasteiger partial charge in [-0.1, -0.05) is 24.3 Å². The Hall–Kier alpha value is -1.76. The fourth-order valence-electron chi connectivity index (χ4n) is 2.10. The largest absolute Gasteiger partial charge is 0.306 e. The Balaban J connectivity index is 2.10. The van der Waals surface area contributed by atoms with Crippen LogP contribution in [0, 0.1) is 5.82 Å². The van der Waals surface area contributed by atoms with Crippen LogP contribution >= 0.6 is 0 Å². The zero-order valence-electron chi connectivity index (χ0n) is 12.5. The van der Waals surface area contributed by atoms with Crippen molar-refractivity contribution in [1.82, 2.24) is 10.0 Å². The molecular weight excluding hydrogens is 303 g/mol. The average molecular weight is 322 g/mol. The van der Waals surface area contributed by atoms with Crippen molar-refractivity contribution in [2.45, 2.75) is 24.4 Å². The highest BCUT2D eigenvalue weighted by atomic mass is 32.2. The topological polar surface area (TPSA) is 58.2 Å². The Morgan fingerprint density at radius 1 is 1.14 bits per heavy atom. The molecule has 0 heterocycles. The lowest BCUT2D eigenvalue weighted by Crippen LogP contribution is -2.21. The number of rotatable bonds is 6. The van der Waals surface area contributed by atoms with Crippen LogP contribution in [0.5, 0.6) is 0 Å². The van der Waals surface area contributed by atoms with Gasteiger partial charge in [-0.05, 0) is 49.4 Å². The molecule has 0 saturated heterocycles. The summed E-state index contributed by atoms with van der Waals surface area (Å²) in [6.45, 7) is 2.44. The zero-order chi connectivity index (χ0) is 16.2. The second kappa shape index (κ2) is 7.00. The van der Waals surface area contributed by atoms with Crippen molar-refractivity contribution in [3.8, 4) is 0 Å². The maximum Gasteiger partial charge on any atom is 0.240 e. The molecule has 0 amide bonds. The SMILES string of the molecule is CNS(=O)(=O)c1cccc(C(C)NCc2cccc(F)c2)c1. The Morgan fingerprint density at radius 2 is 1.86 bits per heavy atom. The van der Waals surface area contributed by atoms with Crippen LogP contribution in [0.4, 0.5) is 4.39 Å². The Labute approximate surface area is 130 Å². The first-order chi connectivity index (χ1) is 10.4. The molecule has 2 aromatic rings. The van der Waals surface area contributed by atoms with E-state index in [0.717, 1.165) is 11.1 Å². The van der Waals surface area contributed by atoms with E-state index in [1.807, 2.05) is 19.1 Å². The normalized spacial score (nSPS) is 13.0. The molecule has 0 aliphatic carbocycles. The molecule has 1 unspecified atom stereocenters. The molecule has 6 heteroatoms. The van der Waals surface area contributed by atoms with Crippen molar-refractivity contribution in [2.75, 3.05) is 7.05 Å². The maximum atomic E-state index is 13.1. The van der Waals surface area contributed by atoms with E-state index in [-0.39, 0.29) is 16.8 Å². The minimum absolute atomic E-state index is 0.0599. The van der Waals surface area contributed by atoms with Crippen LogP contribution in [-0.4, -0.2) is 15.5 Å². The van der Waals surface area contributed by atoms with E-state index >= 15 is 0 Å². The molecule has 1 atom stereocenters. The predicted molar refractivity (Wildman–Crippen MR) is 84.3 cm³/mol. The molecule has 0 fully saturated rings. The smallest absolute Gasteiger partial charge is 0.240 e. The molecule has 4 nitrogen and oxygen atoms in total. The van der Waals surface area contributed by atoms with Crippen LogP contribution in [0.3, 0.4) is 0 Å². The van der Waals surface area contributed by atoms with Crippen molar-refractivity contribution < 1.29 is 12.8 Å². The Bertz CT molecular complexity index is 747. The van der Waals surface area contributed by atoms with Crippen molar-refractivity contribution >= 4 is 10.0 Å². The van der Waals surface area contributed by atoms with Crippen molar-refractivity contribution in [2.24, 2.45) is 0 Å². The molecule has 0 bridgehead atoms. The second-order valence-electron chi connectivity index (χ2n) is 5.01. The third-order valence-corrected chi connectivity index (χ3v) is 4.85. The molecular formula is C16H19FN2O2S. The molecule has 2 rings (SSSR count). The van der Waals surface area contributed by atoms with Gasteiger partial charge in [-0.2, -0.15) is 0 Å². The van der Waals surface area contributed by atoms with Gasteiger partial charge in [0.25, 0.3) is 0 Å². The third kappa shape index (κ3) is 4.13. The van der Waals surface area contributed by atoms with E-state index in [1.165, 1.54) is 19.2 Å². The van der Waals surface area contributed by atoms with E-state index in [4.69, 9.17) is 0 Å². The van der Waals surface area contributed by atoms with E-state index in [1.54, 1.807) is 24.3 Å². The third-order valence-electron chi connectivity index (χ3n) is 3.44. The second-order valence-corrected chi connectivity index (χ2v) is 6.90. The summed E-state index contributed by atoms with van der Waals surface area (Å²) in [5.41, 5.74) is 1.69. The van der Waals surface area contributed by atoms with Crippen LogP contribution in [0.15, 0.2) is 53.4 Å². The number of hydrogen-bond donors (Lipinski definition) is 2. The molecule has 0 radical (unpaired) electrons. The number of benzene rings is 2. The van der Waals surface area contributed by atoms with Gasteiger partial charge in [-0.15, -0.1) is 0 Å². The molecule has 118 valence electrons. The summed E-state index contributed by atoms with van der Waals surface area (Å²) in [4.78, 5) is 0.229.